The number of para-hydroxylation sites is 1. The number of benzene rings is 1. The standard InChI is InChI=1S/C20H28N4/c1-14(2)17-7-5-6-8-18(17)22-19-13-16(4)21-20(23-19)24-11-9-15(3)10-12-24/h5-8,13-15H,9-12H2,1-4H3,(H,21,22,23). The maximum absolute atomic E-state index is 4.78. The quantitative estimate of drug-likeness (QED) is 0.869. The maximum atomic E-state index is 4.78. The number of aryl methyl sites for hydroxylation is 1. The van der Waals surface area contributed by atoms with E-state index in [9.17, 15) is 0 Å². The minimum Gasteiger partial charge on any atom is -0.341 e. The molecule has 128 valence electrons. The van der Waals surface area contributed by atoms with Gasteiger partial charge < -0.3 is 10.2 Å². The van der Waals surface area contributed by atoms with Crippen LogP contribution in [0.1, 0.15) is 50.8 Å². The number of hydrogen-bond donors (Lipinski definition) is 1. The molecule has 4 heteroatoms. The third-order valence-corrected chi connectivity index (χ3v) is 4.75. The zero-order valence-electron chi connectivity index (χ0n) is 15.2. The molecular formula is C20H28N4. The minimum absolute atomic E-state index is 0.472. The first-order chi connectivity index (χ1) is 11.5. The number of rotatable bonds is 4. The predicted octanol–water partition coefficient (Wildman–Crippen LogP) is 4.89. The molecule has 4 nitrogen and oxygen atoms in total. The highest BCUT2D eigenvalue weighted by molar-refractivity contribution is 5.62. The number of hydrogen-bond acceptors (Lipinski definition) is 4. The van der Waals surface area contributed by atoms with Crippen molar-refractivity contribution < 1.29 is 0 Å². The second-order valence-corrected chi connectivity index (χ2v) is 7.23. The summed E-state index contributed by atoms with van der Waals surface area (Å²) in [6, 6.07) is 10.5. The Morgan fingerprint density at radius 3 is 2.54 bits per heavy atom. The third-order valence-electron chi connectivity index (χ3n) is 4.75. The van der Waals surface area contributed by atoms with Crippen molar-refractivity contribution in [1.82, 2.24) is 9.97 Å². The van der Waals surface area contributed by atoms with Gasteiger partial charge in [-0.15, -0.1) is 0 Å². The van der Waals surface area contributed by atoms with Crippen molar-refractivity contribution in [2.24, 2.45) is 5.92 Å². The molecule has 2 heterocycles. The minimum atomic E-state index is 0.472. The lowest BCUT2D eigenvalue weighted by molar-refractivity contribution is 0.434. The largest absolute Gasteiger partial charge is 0.341 e. The lowest BCUT2D eigenvalue weighted by Gasteiger charge is -2.30. The van der Waals surface area contributed by atoms with Crippen LogP contribution < -0.4 is 10.2 Å². The highest BCUT2D eigenvalue weighted by Crippen LogP contribution is 2.27. The van der Waals surface area contributed by atoms with Gasteiger partial charge in [-0.25, -0.2) is 4.98 Å². The van der Waals surface area contributed by atoms with E-state index < -0.39 is 0 Å². The lowest BCUT2D eigenvalue weighted by Crippen LogP contribution is -2.34. The van der Waals surface area contributed by atoms with Crippen LogP contribution in [0.5, 0.6) is 0 Å². The smallest absolute Gasteiger partial charge is 0.227 e. The van der Waals surface area contributed by atoms with Crippen molar-refractivity contribution in [1.29, 1.82) is 0 Å². The fourth-order valence-electron chi connectivity index (χ4n) is 3.22. The predicted molar refractivity (Wildman–Crippen MR) is 101 cm³/mol. The topological polar surface area (TPSA) is 41.1 Å². The lowest BCUT2D eigenvalue weighted by atomic mass is 10.00. The Kier molecular flexibility index (Phi) is 5.03. The van der Waals surface area contributed by atoms with E-state index in [1.807, 2.05) is 13.0 Å². The molecule has 1 aromatic carbocycles. The molecule has 0 spiro atoms. The van der Waals surface area contributed by atoms with Crippen molar-refractivity contribution in [2.45, 2.75) is 46.5 Å². The normalized spacial score (nSPS) is 15.8. The number of nitrogens with one attached hydrogen (secondary N) is 1. The average Bonchev–Trinajstić information content (AvgIpc) is 2.55. The third kappa shape index (κ3) is 3.86. The van der Waals surface area contributed by atoms with Crippen LogP contribution in [0.25, 0.3) is 0 Å². The molecule has 0 saturated carbocycles. The highest BCUT2D eigenvalue weighted by atomic mass is 15.3. The molecular weight excluding hydrogens is 296 g/mol. The Balaban J connectivity index is 1.84. The van der Waals surface area contributed by atoms with Crippen LogP contribution >= 0.6 is 0 Å². The van der Waals surface area contributed by atoms with Crippen LogP contribution in [0.15, 0.2) is 30.3 Å². The zero-order valence-corrected chi connectivity index (χ0v) is 15.2. The molecule has 1 fully saturated rings. The Labute approximate surface area is 145 Å². The molecule has 0 atom stereocenters. The van der Waals surface area contributed by atoms with Gasteiger partial charge in [0.1, 0.15) is 5.82 Å². The summed E-state index contributed by atoms with van der Waals surface area (Å²) in [4.78, 5) is 11.8. The van der Waals surface area contributed by atoms with Gasteiger partial charge in [-0.2, -0.15) is 4.98 Å². The van der Waals surface area contributed by atoms with Gasteiger partial charge in [0.15, 0.2) is 0 Å². The Hall–Kier alpha value is -2.10. The van der Waals surface area contributed by atoms with Crippen LogP contribution in [-0.2, 0) is 0 Å². The van der Waals surface area contributed by atoms with Crippen molar-refractivity contribution in [3.05, 3.63) is 41.6 Å². The van der Waals surface area contributed by atoms with Crippen molar-refractivity contribution in [3.8, 4) is 0 Å². The molecule has 1 saturated heterocycles. The summed E-state index contributed by atoms with van der Waals surface area (Å²) in [5.74, 6) is 3.01. The van der Waals surface area contributed by atoms with Crippen molar-refractivity contribution in [3.63, 3.8) is 0 Å². The molecule has 2 aromatic rings. The summed E-state index contributed by atoms with van der Waals surface area (Å²) in [6.07, 6.45) is 2.44. The van der Waals surface area contributed by atoms with Crippen molar-refractivity contribution >= 4 is 17.5 Å². The molecule has 3 rings (SSSR count). The molecule has 0 radical (unpaired) electrons. The molecule has 1 aliphatic heterocycles. The number of aromatic nitrogens is 2. The van der Waals surface area contributed by atoms with E-state index >= 15 is 0 Å². The van der Waals surface area contributed by atoms with Crippen LogP contribution in [0.2, 0.25) is 0 Å². The summed E-state index contributed by atoms with van der Waals surface area (Å²) < 4.78 is 0. The van der Waals surface area contributed by atoms with E-state index in [0.29, 0.717) is 5.92 Å². The van der Waals surface area contributed by atoms with Crippen LogP contribution in [0.4, 0.5) is 17.5 Å². The highest BCUT2D eigenvalue weighted by Gasteiger charge is 2.19. The van der Waals surface area contributed by atoms with Crippen LogP contribution in [0, 0.1) is 12.8 Å². The van der Waals surface area contributed by atoms with E-state index in [1.54, 1.807) is 0 Å². The summed E-state index contributed by atoms with van der Waals surface area (Å²) in [5.41, 5.74) is 3.44. The van der Waals surface area contributed by atoms with Gasteiger partial charge in [0.2, 0.25) is 5.95 Å². The number of piperidine rings is 1. The molecule has 0 amide bonds. The molecule has 0 aliphatic carbocycles. The van der Waals surface area contributed by atoms with Gasteiger partial charge in [-0.05, 0) is 43.2 Å². The molecule has 1 aliphatic rings. The Morgan fingerprint density at radius 1 is 1.12 bits per heavy atom. The average molecular weight is 324 g/mol. The Bertz CT molecular complexity index is 688. The van der Waals surface area contributed by atoms with Gasteiger partial charge in [0.05, 0.1) is 0 Å². The second-order valence-electron chi connectivity index (χ2n) is 7.23. The van der Waals surface area contributed by atoms with Crippen LogP contribution in [-0.4, -0.2) is 23.1 Å². The fourth-order valence-corrected chi connectivity index (χ4v) is 3.22. The van der Waals surface area contributed by atoms with Gasteiger partial charge in [-0.1, -0.05) is 39.0 Å². The SMILES string of the molecule is Cc1cc(Nc2ccccc2C(C)C)nc(N2CCC(C)CC2)n1. The van der Waals surface area contributed by atoms with Crippen LogP contribution in [0.3, 0.4) is 0 Å². The molecule has 24 heavy (non-hydrogen) atoms. The first-order valence-electron chi connectivity index (χ1n) is 8.99. The maximum Gasteiger partial charge on any atom is 0.227 e. The summed E-state index contributed by atoms with van der Waals surface area (Å²) in [5, 5.41) is 3.51. The van der Waals surface area contributed by atoms with E-state index in [4.69, 9.17) is 4.98 Å². The summed E-state index contributed by atoms with van der Waals surface area (Å²) in [7, 11) is 0. The van der Waals surface area contributed by atoms with Gasteiger partial charge >= 0.3 is 0 Å². The molecule has 0 unspecified atom stereocenters. The van der Waals surface area contributed by atoms with Gasteiger partial charge in [0, 0.05) is 30.5 Å². The summed E-state index contributed by atoms with van der Waals surface area (Å²) >= 11 is 0. The first-order valence-corrected chi connectivity index (χ1v) is 8.99. The number of anilines is 3. The van der Waals surface area contributed by atoms with E-state index in [-0.39, 0.29) is 0 Å². The van der Waals surface area contributed by atoms with Gasteiger partial charge in [0.25, 0.3) is 0 Å². The van der Waals surface area contributed by atoms with Crippen molar-refractivity contribution in [2.75, 3.05) is 23.3 Å². The van der Waals surface area contributed by atoms with E-state index in [0.717, 1.165) is 42.2 Å². The first kappa shape index (κ1) is 16.7. The molecule has 0 bridgehead atoms. The zero-order chi connectivity index (χ0) is 17.1. The second kappa shape index (κ2) is 7.20. The van der Waals surface area contributed by atoms with E-state index in [1.165, 1.54) is 18.4 Å². The molecule has 1 aromatic heterocycles. The Morgan fingerprint density at radius 2 is 1.83 bits per heavy atom. The van der Waals surface area contributed by atoms with Gasteiger partial charge in [-0.3, -0.25) is 0 Å². The fraction of sp³-hybridized carbons (Fsp3) is 0.500. The number of nitrogens with zero attached hydrogens (tertiary/aromatic N) is 3. The summed E-state index contributed by atoms with van der Waals surface area (Å²) in [6.45, 7) is 10.9. The molecule has 1 N–H and O–H groups in total. The van der Waals surface area contributed by atoms with E-state index in [2.05, 4.69) is 60.2 Å². The monoisotopic (exact) mass is 324 g/mol.